The van der Waals surface area contributed by atoms with Gasteiger partial charge < -0.3 is 5.32 Å². The van der Waals surface area contributed by atoms with E-state index in [4.69, 9.17) is 0 Å². The molecule has 1 fully saturated rings. The number of fused-ring (bicyclic) bond motifs is 1. The van der Waals surface area contributed by atoms with Crippen molar-refractivity contribution in [1.82, 2.24) is 4.98 Å². The average molecular weight is 274 g/mol. The number of nitrogens with zero attached hydrogens (tertiary/aromatic N) is 1. The van der Waals surface area contributed by atoms with Crippen LogP contribution in [-0.4, -0.2) is 10.9 Å². The number of amides is 1. The maximum atomic E-state index is 12.0. The summed E-state index contributed by atoms with van der Waals surface area (Å²) >= 11 is 1.66. The third-order valence-corrected chi connectivity index (χ3v) is 4.66. The molecule has 0 saturated heterocycles. The Morgan fingerprint density at radius 3 is 3.00 bits per heavy atom. The lowest BCUT2D eigenvalue weighted by Crippen LogP contribution is -2.14. The molecular formula is C15H18N2OS. The standard InChI is InChI=1S/C15H18N2OS/c1-10-16-13-7-6-12(9-14(13)19-10)17-15(18)8-11-4-2-3-5-11/h6-7,9,11H,2-5,8H2,1H3,(H,17,18). The molecule has 0 bridgehead atoms. The molecule has 0 atom stereocenters. The van der Waals surface area contributed by atoms with Gasteiger partial charge in [0.15, 0.2) is 0 Å². The van der Waals surface area contributed by atoms with E-state index >= 15 is 0 Å². The third-order valence-electron chi connectivity index (χ3n) is 3.73. The number of carbonyl (C=O) groups is 1. The van der Waals surface area contributed by atoms with Gasteiger partial charge >= 0.3 is 0 Å². The minimum absolute atomic E-state index is 0.146. The molecule has 1 saturated carbocycles. The molecule has 0 aliphatic heterocycles. The molecule has 0 spiro atoms. The minimum atomic E-state index is 0.146. The van der Waals surface area contributed by atoms with Gasteiger partial charge in [0.25, 0.3) is 0 Å². The zero-order valence-corrected chi connectivity index (χ0v) is 11.9. The van der Waals surface area contributed by atoms with Gasteiger partial charge in [-0.15, -0.1) is 11.3 Å². The molecule has 19 heavy (non-hydrogen) atoms. The van der Waals surface area contributed by atoms with E-state index in [0.717, 1.165) is 20.9 Å². The second-order valence-electron chi connectivity index (χ2n) is 5.32. The van der Waals surface area contributed by atoms with Crippen LogP contribution in [0, 0.1) is 12.8 Å². The Morgan fingerprint density at radius 1 is 1.42 bits per heavy atom. The fraction of sp³-hybridized carbons (Fsp3) is 0.467. The van der Waals surface area contributed by atoms with Crippen LogP contribution in [0.15, 0.2) is 18.2 Å². The van der Waals surface area contributed by atoms with Crippen LogP contribution in [0.4, 0.5) is 5.69 Å². The zero-order chi connectivity index (χ0) is 13.2. The number of benzene rings is 1. The van der Waals surface area contributed by atoms with Gasteiger partial charge in [-0.1, -0.05) is 12.8 Å². The van der Waals surface area contributed by atoms with Crippen LogP contribution in [-0.2, 0) is 4.79 Å². The lowest BCUT2D eigenvalue weighted by Gasteiger charge is -2.09. The summed E-state index contributed by atoms with van der Waals surface area (Å²) in [6, 6.07) is 5.94. The monoisotopic (exact) mass is 274 g/mol. The van der Waals surface area contributed by atoms with Gasteiger partial charge in [0.1, 0.15) is 0 Å². The second-order valence-corrected chi connectivity index (χ2v) is 6.55. The molecule has 1 heterocycles. The van der Waals surface area contributed by atoms with Crippen LogP contribution < -0.4 is 5.32 Å². The molecule has 1 aromatic carbocycles. The largest absolute Gasteiger partial charge is 0.326 e. The Balaban J connectivity index is 1.68. The Kier molecular flexibility index (Phi) is 3.51. The maximum Gasteiger partial charge on any atom is 0.224 e. The number of nitrogens with one attached hydrogen (secondary N) is 1. The van der Waals surface area contributed by atoms with Crippen LogP contribution >= 0.6 is 11.3 Å². The van der Waals surface area contributed by atoms with E-state index in [1.807, 2.05) is 25.1 Å². The molecule has 2 aromatic rings. The Hall–Kier alpha value is -1.42. The van der Waals surface area contributed by atoms with Crippen molar-refractivity contribution < 1.29 is 4.79 Å². The van der Waals surface area contributed by atoms with Gasteiger partial charge in [-0.05, 0) is 43.9 Å². The van der Waals surface area contributed by atoms with E-state index in [2.05, 4.69) is 10.3 Å². The Labute approximate surface area is 117 Å². The van der Waals surface area contributed by atoms with Crippen molar-refractivity contribution in [3.8, 4) is 0 Å². The highest BCUT2D eigenvalue weighted by Gasteiger charge is 2.18. The molecule has 0 unspecified atom stereocenters. The van der Waals surface area contributed by atoms with Gasteiger partial charge in [-0.2, -0.15) is 0 Å². The van der Waals surface area contributed by atoms with Gasteiger partial charge in [-0.3, -0.25) is 4.79 Å². The van der Waals surface area contributed by atoms with Gasteiger partial charge in [0.2, 0.25) is 5.91 Å². The topological polar surface area (TPSA) is 42.0 Å². The Morgan fingerprint density at radius 2 is 2.21 bits per heavy atom. The van der Waals surface area contributed by atoms with Crippen LogP contribution in [0.1, 0.15) is 37.1 Å². The molecule has 3 nitrogen and oxygen atoms in total. The first-order valence-corrected chi connectivity index (χ1v) is 7.69. The zero-order valence-electron chi connectivity index (χ0n) is 11.1. The molecule has 100 valence electrons. The highest BCUT2D eigenvalue weighted by Crippen LogP contribution is 2.28. The van der Waals surface area contributed by atoms with Crippen molar-refractivity contribution in [1.29, 1.82) is 0 Å². The summed E-state index contributed by atoms with van der Waals surface area (Å²) in [7, 11) is 0. The molecule has 1 aliphatic rings. The third kappa shape index (κ3) is 2.95. The number of hydrogen-bond acceptors (Lipinski definition) is 3. The SMILES string of the molecule is Cc1nc2ccc(NC(=O)CC3CCCC3)cc2s1. The predicted octanol–water partition coefficient (Wildman–Crippen LogP) is 4.12. The summed E-state index contributed by atoms with van der Waals surface area (Å²) in [5.74, 6) is 0.738. The number of aromatic nitrogens is 1. The first-order valence-electron chi connectivity index (χ1n) is 6.88. The van der Waals surface area contributed by atoms with Crippen molar-refractivity contribution >= 4 is 33.1 Å². The van der Waals surface area contributed by atoms with Crippen LogP contribution in [0.2, 0.25) is 0 Å². The fourth-order valence-electron chi connectivity index (χ4n) is 2.81. The van der Waals surface area contributed by atoms with Gasteiger partial charge in [-0.25, -0.2) is 4.98 Å². The quantitative estimate of drug-likeness (QED) is 0.914. The number of rotatable bonds is 3. The van der Waals surface area contributed by atoms with Crippen LogP contribution in [0.25, 0.3) is 10.2 Å². The molecule has 1 amide bonds. The summed E-state index contributed by atoms with van der Waals surface area (Å²) in [5, 5.41) is 4.07. The number of anilines is 1. The molecule has 1 aliphatic carbocycles. The molecule has 0 radical (unpaired) electrons. The fourth-order valence-corrected chi connectivity index (χ4v) is 3.67. The van der Waals surface area contributed by atoms with E-state index in [0.29, 0.717) is 12.3 Å². The minimum Gasteiger partial charge on any atom is -0.326 e. The van der Waals surface area contributed by atoms with Crippen molar-refractivity contribution in [2.75, 3.05) is 5.32 Å². The molecule has 4 heteroatoms. The first-order chi connectivity index (χ1) is 9.20. The first kappa shape index (κ1) is 12.6. The lowest BCUT2D eigenvalue weighted by atomic mass is 10.0. The van der Waals surface area contributed by atoms with Crippen molar-refractivity contribution in [2.24, 2.45) is 5.92 Å². The molecular weight excluding hydrogens is 256 g/mol. The smallest absolute Gasteiger partial charge is 0.224 e. The maximum absolute atomic E-state index is 12.0. The van der Waals surface area contributed by atoms with E-state index in [1.165, 1.54) is 25.7 Å². The Bertz CT molecular complexity index is 599. The van der Waals surface area contributed by atoms with Crippen molar-refractivity contribution in [3.05, 3.63) is 23.2 Å². The molecule has 1 N–H and O–H groups in total. The van der Waals surface area contributed by atoms with Crippen molar-refractivity contribution in [3.63, 3.8) is 0 Å². The van der Waals surface area contributed by atoms with Crippen LogP contribution in [0.5, 0.6) is 0 Å². The number of hydrogen-bond donors (Lipinski definition) is 1. The number of thiazole rings is 1. The van der Waals surface area contributed by atoms with E-state index in [1.54, 1.807) is 11.3 Å². The normalized spacial score (nSPS) is 16.1. The van der Waals surface area contributed by atoms with Gasteiger partial charge in [0, 0.05) is 12.1 Å². The highest BCUT2D eigenvalue weighted by atomic mass is 32.1. The highest BCUT2D eigenvalue weighted by molar-refractivity contribution is 7.18. The van der Waals surface area contributed by atoms with Gasteiger partial charge in [0.05, 0.1) is 15.2 Å². The van der Waals surface area contributed by atoms with E-state index in [9.17, 15) is 4.79 Å². The molecule has 1 aromatic heterocycles. The lowest BCUT2D eigenvalue weighted by molar-refractivity contribution is -0.117. The van der Waals surface area contributed by atoms with Crippen molar-refractivity contribution in [2.45, 2.75) is 39.0 Å². The summed E-state index contributed by atoms with van der Waals surface area (Å²) < 4.78 is 1.14. The number of aryl methyl sites for hydroxylation is 1. The van der Waals surface area contributed by atoms with E-state index < -0.39 is 0 Å². The van der Waals surface area contributed by atoms with Crippen LogP contribution in [0.3, 0.4) is 0 Å². The average Bonchev–Trinajstić information content (AvgIpc) is 2.96. The van der Waals surface area contributed by atoms with E-state index in [-0.39, 0.29) is 5.91 Å². The second kappa shape index (κ2) is 5.29. The predicted molar refractivity (Wildman–Crippen MR) is 79.6 cm³/mol. The summed E-state index contributed by atoms with van der Waals surface area (Å²) in [5.41, 5.74) is 1.90. The summed E-state index contributed by atoms with van der Waals surface area (Å²) in [6.45, 7) is 2.00. The number of carbonyl (C=O) groups excluding carboxylic acids is 1. The summed E-state index contributed by atoms with van der Waals surface area (Å²) in [4.78, 5) is 16.4. The molecule has 3 rings (SSSR count). The summed E-state index contributed by atoms with van der Waals surface area (Å²) in [6.07, 6.45) is 5.65.